The zero-order chi connectivity index (χ0) is 24.9. The molecular formula is C26H33N7O3. The number of H-pyrrole nitrogens is 1. The van der Waals surface area contributed by atoms with Gasteiger partial charge in [0.05, 0.1) is 32.3 Å². The number of benzene rings is 1. The van der Waals surface area contributed by atoms with Gasteiger partial charge in [-0.15, -0.1) is 0 Å². The number of carbonyl (C=O) groups excluding carboxylic acids is 1. The quantitative estimate of drug-likeness (QED) is 0.495. The van der Waals surface area contributed by atoms with Crippen molar-refractivity contribution in [3.63, 3.8) is 0 Å². The molecule has 1 amide bonds. The van der Waals surface area contributed by atoms with Gasteiger partial charge in [-0.05, 0) is 49.9 Å². The molecule has 2 aliphatic heterocycles. The minimum Gasteiger partial charge on any atom is -0.497 e. The lowest BCUT2D eigenvalue weighted by Crippen LogP contribution is -2.55. The molecule has 3 aromatic rings. The minimum absolute atomic E-state index is 0.273. The van der Waals surface area contributed by atoms with Crippen LogP contribution in [0.15, 0.2) is 36.7 Å². The molecule has 2 fully saturated rings. The smallest absolute Gasteiger partial charge is 0.277 e. The molecule has 2 saturated heterocycles. The third kappa shape index (κ3) is 5.59. The Hall–Kier alpha value is -3.66. The molecule has 2 N–H and O–H groups in total. The van der Waals surface area contributed by atoms with Crippen LogP contribution in [-0.4, -0.2) is 77.4 Å². The van der Waals surface area contributed by atoms with Crippen LogP contribution in [0.5, 0.6) is 11.5 Å². The van der Waals surface area contributed by atoms with Gasteiger partial charge < -0.3 is 19.7 Å². The summed E-state index contributed by atoms with van der Waals surface area (Å²) in [5.74, 6) is 2.54. The molecule has 10 nitrogen and oxygen atoms in total. The highest BCUT2D eigenvalue weighted by atomic mass is 16.5. The van der Waals surface area contributed by atoms with E-state index in [4.69, 9.17) is 9.47 Å². The van der Waals surface area contributed by atoms with Crippen molar-refractivity contribution in [3.05, 3.63) is 53.6 Å². The number of carbonyl (C=O) groups is 1. The van der Waals surface area contributed by atoms with E-state index in [1.54, 1.807) is 26.6 Å². The molecular weight excluding hydrogens is 458 g/mol. The summed E-state index contributed by atoms with van der Waals surface area (Å²) in [6.07, 6.45) is 8.55. The van der Waals surface area contributed by atoms with Crippen molar-refractivity contribution in [2.75, 3.05) is 50.6 Å². The number of anilines is 2. The Morgan fingerprint density at radius 2 is 1.86 bits per heavy atom. The highest BCUT2D eigenvalue weighted by molar-refractivity contribution is 6.02. The number of aryl methyl sites for hydroxylation is 2. The van der Waals surface area contributed by atoms with Crippen LogP contribution in [0.4, 0.5) is 11.6 Å². The lowest BCUT2D eigenvalue weighted by atomic mass is 9.99. The SMILES string of the molecule is COc1cc(CCc2cc(NC(=O)c3cnc(N4CCN5CCCCC5C4)cn3)[nH]n2)cc(OC)c1. The number of rotatable bonds is 8. The molecule has 0 spiro atoms. The van der Waals surface area contributed by atoms with Crippen LogP contribution in [-0.2, 0) is 12.8 Å². The van der Waals surface area contributed by atoms with E-state index in [1.807, 2.05) is 24.3 Å². The molecule has 36 heavy (non-hydrogen) atoms. The molecule has 1 aromatic carbocycles. The van der Waals surface area contributed by atoms with Gasteiger partial charge in [-0.1, -0.05) is 6.42 Å². The van der Waals surface area contributed by atoms with Crippen LogP contribution in [0.2, 0.25) is 0 Å². The van der Waals surface area contributed by atoms with Crippen LogP contribution in [0.1, 0.15) is 41.0 Å². The Balaban J connectivity index is 1.15. The van der Waals surface area contributed by atoms with E-state index in [0.29, 0.717) is 18.3 Å². The van der Waals surface area contributed by atoms with Gasteiger partial charge in [0.15, 0.2) is 0 Å². The topological polar surface area (TPSA) is 108 Å². The van der Waals surface area contributed by atoms with Crippen LogP contribution >= 0.6 is 0 Å². The normalized spacial score (nSPS) is 17.9. The number of aromatic nitrogens is 4. The second-order valence-corrected chi connectivity index (χ2v) is 9.34. The molecule has 0 radical (unpaired) electrons. The summed E-state index contributed by atoms with van der Waals surface area (Å²) >= 11 is 0. The minimum atomic E-state index is -0.320. The Bertz CT molecular complexity index is 1160. The number of ether oxygens (including phenoxy) is 2. The van der Waals surface area contributed by atoms with Gasteiger partial charge >= 0.3 is 0 Å². The van der Waals surface area contributed by atoms with Crippen LogP contribution < -0.4 is 19.7 Å². The van der Waals surface area contributed by atoms with E-state index in [0.717, 1.165) is 54.6 Å². The maximum absolute atomic E-state index is 12.7. The van der Waals surface area contributed by atoms with E-state index in [-0.39, 0.29) is 11.6 Å². The van der Waals surface area contributed by atoms with Crippen molar-refractivity contribution < 1.29 is 14.3 Å². The molecule has 190 valence electrons. The monoisotopic (exact) mass is 491 g/mol. The fourth-order valence-corrected chi connectivity index (χ4v) is 4.99. The summed E-state index contributed by atoms with van der Waals surface area (Å²) in [7, 11) is 3.27. The fraction of sp³-hybridized carbons (Fsp3) is 0.462. The lowest BCUT2D eigenvalue weighted by Gasteiger charge is -2.44. The molecule has 2 aliphatic rings. The number of amides is 1. The summed E-state index contributed by atoms with van der Waals surface area (Å²) < 4.78 is 10.7. The van der Waals surface area contributed by atoms with Crippen molar-refractivity contribution in [2.45, 2.75) is 38.1 Å². The molecule has 1 unspecified atom stereocenters. The maximum atomic E-state index is 12.7. The van der Waals surface area contributed by atoms with Crippen LogP contribution in [0.25, 0.3) is 0 Å². The lowest BCUT2D eigenvalue weighted by molar-refractivity contribution is 0.102. The van der Waals surface area contributed by atoms with Gasteiger partial charge in [-0.25, -0.2) is 9.97 Å². The van der Waals surface area contributed by atoms with Crippen molar-refractivity contribution in [3.8, 4) is 11.5 Å². The van der Waals surface area contributed by atoms with Gasteiger partial charge in [0.1, 0.15) is 28.8 Å². The summed E-state index contributed by atoms with van der Waals surface area (Å²) in [4.78, 5) is 26.5. The highest BCUT2D eigenvalue weighted by Crippen LogP contribution is 2.25. The molecule has 2 aromatic heterocycles. The molecule has 10 heteroatoms. The van der Waals surface area contributed by atoms with Crippen molar-refractivity contribution in [2.24, 2.45) is 0 Å². The summed E-state index contributed by atoms with van der Waals surface area (Å²) in [6.45, 7) is 4.17. The van der Waals surface area contributed by atoms with E-state index in [9.17, 15) is 4.79 Å². The molecule has 0 saturated carbocycles. The predicted octanol–water partition coefficient (Wildman–Crippen LogP) is 2.93. The zero-order valence-corrected chi connectivity index (χ0v) is 20.9. The van der Waals surface area contributed by atoms with Crippen molar-refractivity contribution in [1.82, 2.24) is 25.1 Å². The number of hydrogen-bond acceptors (Lipinski definition) is 8. The van der Waals surface area contributed by atoms with Gasteiger partial charge in [0.2, 0.25) is 0 Å². The number of aromatic amines is 1. The number of nitrogens with one attached hydrogen (secondary N) is 2. The number of piperazine rings is 1. The van der Waals surface area contributed by atoms with E-state index in [2.05, 4.69) is 35.3 Å². The Morgan fingerprint density at radius 3 is 2.61 bits per heavy atom. The number of nitrogens with zero attached hydrogens (tertiary/aromatic N) is 5. The zero-order valence-electron chi connectivity index (χ0n) is 20.9. The van der Waals surface area contributed by atoms with Crippen molar-refractivity contribution in [1.29, 1.82) is 0 Å². The summed E-state index contributed by atoms with van der Waals surface area (Å²) in [6, 6.07) is 8.24. The molecule has 4 heterocycles. The first-order valence-electron chi connectivity index (χ1n) is 12.5. The van der Waals surface area contributed by atoms with Gasteiger partial charge in [-0.2, -0.15) is 5.10 Å². The van der Waals surface area contributed by atoms with E-state index >= 15 is 0 Å². The summed E-state index contributed by atoms with van der Waals surface area (Å²) in [5.41, 5.74) is 2.20. The maximum Gasteiger partial charge on any atom is 0.277 e. The second kappa shape index (κ2) is 10.9. The first-order chi connectivity index (χ1) is 17.6. The third-order valence-corrected chi connectivity index (χ3v) is 6.99. The van der Waals surface area contributed by atoms with Crippen molar-refractivity contribution >= 4 is 17.5 Å². The molecule has 1 atom stereocenters. The molecule has 0 bridgehead atoms. The average Bonchev–Trinajstić information content (AvgIpc) is 3.38. The van der Waals surface area contributed by atoms with E-state index < -0.39 is 0 Å². The predicted molar refractivity (Wildman–Crippen MR) is 137 cm³/mol. The number of hydrogen-bond donors (Lipinski definition) is 2. The standard InChI is InChI=1S/C26H33N7O3/c1-35-21-11-18(12-22(14-21)36-2)6-7-19-13-24(31-30-19)29-26(34)23-15-28-25(16-27-23)33-10-9-32-8-4-3-5-20(32)17-33/h11-16,20H,3-10,17H2,1-2H3,(H2,29,30,31,34). The number of piperidine rings is 1. The first kappa shape index (κ1) is 24.1. The van der Waals surface area contributed by atoms with Crippen LogP contribution in [0.3, 0.4) is 0 Å². The first-order valence-corrected chi connectivity index (χ1v) is 12.5. The number of fused-ring (bicyclic) bond motifs is 1. The molecule has 5 rings (SSSR count). The Labute approximate surface area is 211 Å². The fourth-order valence-electron chi connectivity index (χ4n) is 4.99. The van der Waals surface area contributed by atoms with E-state index in [1.165, 1.54) is 25.8 Å². The van der Waals surface area contributed by atoms with Crippen LogP contribution in [0, 0.1) is 0 Å². The van der Waals surface area contributed by atoms with Gasteiger partial charge in [-0.3, -0.25) is 14.8 Å². The highest BCUT2D eigenvalue weighted by Gasteiger charge is 2.29. The summed E-state index contributed by atoms with van der Waals surface area (Å²) in [5, 5.41) is 10.0. The van der Waals surface area contributed by atoms with Gasteiger partial charge in [0, 0.05) is 37.8 Å². The van der Waals surface area contributed by atoms with Gasteiger partial charge in [0.25, 0.3) is 5.91 Å². The second-order valence-electron chi connectivity index (χ2n) is 9.34. The average molecular weight is 492 g/mol. The Morgan fingerprint density at radius 1 is 1.03 bits per heavy atom. The third-order valence-electron chi connectivity index (χ3n) is 6.99. The largest absolute Gasteiger partial charge is 0.497 e. The Kier molecular flexibility index (Phi) is 7.31. The number of methoxy groups -OCH3 is 2. The molecule has 0 aliphatic carbocycles.